The van der Waals surface area contributed by atoms with Gasteiger partial charge in [-0.3, -0.25) is 4.79 Å². The molecule has 1 unspecified atom stereocenters. The van der Waals surface area contributed by atoms with Crippen LogP contribution in [0.1, 0.15) is 200 Å². The summed E-state index contributed by atoms with van der Waals surface area (Å²) in [5, 5.41) is 3.43. The monoisotopic (exact) mass is 690 g/mol. The summed E-state index contributed by atoms with van der Waals surface area (Å²) in [6.45, 7) is 4.53. The molecule has 1 saturated carbocycles. The van der Waals surface area contributed by atoms with E-state index in [1.807, 2.05) is 0 Å². The van der Waals surface area contributed by atoms with Gasteiger partial charge in [0.1, 0.15) is 5.78 Å². The Balaban J connectivity index is 2.26. The van der Waals surface area contributed by atoms with Gasteiger partial charge in [-0.25, -0.2) is 0 Å². The van der Waals surface area contributed by atoms with E-state index in [1.165, 1.54) is 148 Å². The van der Waals surface area contributed by atoms with Crippen molar-refractivity contribution in [3.05, 3.63) is 72.9 Å². The fourth-order valence-corrected chi connectivity index (χ4v) is 7.13. The molecule has 0 radical (unpaired) electrons. The molecule has 3 atom stereocenters. The van der Waals surface area contributed by atoms with Crippen LogP contribution in [0.5, 0.6) is 0 Å². The molecule has 2 heteroatoms. The lowest BCUT2D eigenvalue weighted by molar-refractivity contribution is -0.124. The van der Waals surface area contributed by atoms with Crippen molar-refractivity contribution in [3.63, 3.8) is 0 Å². The van der Waals surface area contributed by atoms with Crippen LogP contribution in [0.15, 0.2) is 72.9 Å². The maximum Gasteiger partial charge on any atom is 0.136 e. The lowest BCUT2D eigenvalue weighted by atomic mass is 9.80. The fourth-order valence-electron chi connectivity index (χ4n) is 7.13. The van der Waals surface area contributed by atoms with Crippen LogP contribution in [0.2, 0.25) is 0 Å². The van der Waals surface area contributed by atoms with Crippen LogP contribution >= 0.6 is 0 Å². The summed E-state index contributed by atoms with van der Waals surface area (Å²) >= 11 is 0. The first-order valence-electron chi connectivity index (χ1n) is 21.8. The molecule has 2 nitrogen and oxygen atoms in total. The summed E-state index contributed by atoms with van der Waals surface area (Å²) in [6, 6.07) is 0.525. The van der Waals surface area contributed by atoms with Crippen LogP contribution in [0.3, 0.4) is 0 Å². The topological polar surface area (TPSA) is 29.1 Å². The van der Waals surface area contributed by atoms with Crippen LogP contribution in [0.4, 0.5) is 0 Å². The van der Waals surface area contributed by atoms with E-state index < -0.39 is 0 Å². The first-order valence-corrected chi connectivity index (χ1v) is 21.8. The van der Waals surface area contributed by atoms with Gasteiger partial charge in [0.05, 0.1) is 0 Å². The van der Waals surface area contributed by atoms with Crippen molar-refractivity contribution in [3.8, 4) is 0 Å². The Labute approximate surface area is 312 Å². The largest absolute Gasteiger partial charge is 0.317 e. The number of ketones is 1. The maximum atomic E-state index is 13.3. The van der Waals surface area contributed by atoms with E-state index in [0.717, 1.165) is 38.5 Å². The molecular weight excluding hydrogens is 607 g/mol. The van der Waals surface area contributed by atoms with E-state index in [2.05, 4.69) is 99.1 Å². The predicted molar refractivity (Wildman–Crippen MR) is 225 cm³/mol. The Morgan fingerprint density at radius 3 is 1.72 bits per heavy atom. The van der Waals surface area contributed by atoms with Crippen molar-refractivity contribution in [2.75, 3.05) is 7.05 Å². The van der Waals surface area contributed by atoms with Crippen LogP contribution in [0.25, 0.3) is 0 Å². The molecular formula is C48H83NO. The average Bonchev–Trinajstić information content (AvgIpc) is 3.13. The van der Waals surface area contributed by atoms with Gasteiger partial charge >= 0.3 is 0 Å². The quantitative estimate of drug-likeness (QED) is 0.0414. The molecule has 0 spiro atoms. The molecule has 286 valence electrons. The Bertz CT molecular complexity index is 920. The van der Waals surface area contributed by atoms with Crippen molar-refractivity contribution in [1.82, 2.24) is 5.32 Å². The molecule has 1 aliphatic rings. The van der Waals surface area contributed by atoms with Crippen molar-refractivity contribution >= 4 is 5.78 Å². The summed E-state index contributed by atoms with van der Waals surface area (Å²) in [6.07, 6.45) is 63.5. The Hall–Kier alpha value is -1.93. The van der Waals surface area contributed by atoms with Gasteiger partial charge in [-0.1, -0.05) is 164 Å². The summed E-state index contributed by atoms with van der Waals surface area (Å²) in [5.74, 6) is 1.22. The zero-order chi connectivity index (χ0) is 36.0. The van der Waals surface area contributed by atoms with E-state index in [0.29, 0.717) is 17.7 Å². The number of unbranched alkanes of at least 4 members (excludes halogenated alkanes) is 17. The van der Waals surface area contributed by atoms with Crippen molar-refractivity contribution in [2.45, 2.75) is 206 Å². The molecule has 0 aromatic heterocycles. The molecule has 0 aromatic rings. The minimum Gasteiger partial charge on any atom is -0.317 e. The second kappa shape index (κ2) is 36.8. The average molecular weight is 690 g/mol. The molecule has 0 aromatic carbocycles. The van der Waals surface area contributed by atoms with Gasteiger partial charge < -0.3 is 5.32 Å². The van der Waals surface area contributed by atoms with Crippen molar-refractivity contribution in [1.29, 1.82) is 0 Å². The third-order valence-electron chi connectivity index (χ3n) is 10.5. The van der Waals surface area contributed by atoms with Gasteiger partial charge in [0.2, 0.25) is 0 Å². The summed E-state index contributed by atoms with van der Waals surface area (Å²) < 4.78 is 0. The van der Waals surface area contributed by atoms with Gasteiger partial charge in [0.15, 0.2) is 0 Å². The third-order valence-corrected chi connectivity index (χ3v) is 10.5. The summed E-state index contributed by atoms with van der Waals surface area (Å²) in [7, 11) is 2.05. The lowest BCUT2D eigenvalue weighted by Gasteiger charge is -2.28. The molecule has 1 fully saturated rings. The van der Waals surface area contributed by atoms with E-state index in [4.69, 9.17) is 0 Å². The lowest BCUT2D eigenvalue weighted by Crippen LogP contribution is -2.34. The van der Waals surface area contributed by atoms with Crippen LogP contribution < -0.4 is 5.32 Å². The van der Waals surface area contributed by atoms with Gasteiger partial charge in [-0.05, 0) is 116 Å². The number of rotatable bonds is 34. The Kier molecular flexibility index (Phi) is 34.0. The van der Waals surface area contributed by atoms with E-state index in [-0.39, 0.29) is 5.92 Å². The normalized spacial score (nSPS) is 18.0. The molecule has 50 heavy (non-hydrogen) atoms. The smallest absolute Gasteiger partial charge is 0.136 e. The molecule has 0 bridgehead atoms. The zero-order valence-electron chi connectivity index (χ0n) is 33.6. The fraction of sp³-hybridized carbons (Fsp3) is 0.729. The first-order chi connectivity index (χ1) is 24.7. The number of hydrogen-bond donors (Lipinski definition) is 1. The van der Waals surface area contributed by atoms with Crippen LogP contribution in [0, 0.1) is 11.8 Å². The third kappa shape index (κ3) is 29.8. The van der Waals surface area contributed by atoms with Gasteiger partial charge in [0, 0.05) is 18.4 Å². The SMILES string of the molecule is CCCCC/C=C\C/C=C\CCCCCC/C=C/C(CCCCCCC/C=C/C=C\C/C=C\CCCCCC)CC(=O)[C@@H]1CCC[C@H](NC)C1. The predicted octanol–water partition coefficient (Wildman–Crippen LogP) is 15.1. The number of carbonyl (C=O) groups excluding carboxylic acids is 1. The van der Waals surface area contributed by atoms with E-state index in [9.17, 15) is 4.79 Å². The summed E-state index contributed by atoms with van der Waals surface area (Å²) in [4.78, 5) is 13.3. The number of nitrogens with one attached hydrogen (secondary N) is 1. The standard InChI is InChI=1S/C48H83NO/c1-4-6-8-10-12-14-16-18-20-22-23-25-27-29-31-33-35-37-40-45(43-48(50)46-41-38-42-47(44-46)49-3)39-36-34-32-30-28-26-24-21-19-17-15-13-11-9-7-5-2/h13-16,19-23,25,36,39,45-47,49H,4-12,17-18,24,26-35,37-38,40-44H2,1-3H3/b15-13-,16-14-,21-19-,22-20-,25-23+,39-36+/t45?,46-,47+/m1/s1. The molecule has 0 saturated heterocycles. The summed E-state index contributed by atoms with van der Waals surface area (Å²) in [5.41, 5.74) is 0. The highest BCUT2D eigenvalue weighted by molar-refractivity contribution is 5.81. The highest BCUT2D eigenvalue weighted by atomic mass is 16.1. The van der Waals surface area contributed by atoms with Crippen molar-refractivity contribution < 1.29 is 4.79 Å². The molecule has 1 aliphatic carbocycles. The maximum absolute atomic E-state index is 13.3. The zero-order valence-corrected chi connectivity index (χ0v) is 33.6. The molecule has 0 amide bonds. The molecule has 0 heterocycles. The van der Waals surface area contributed by atoms with E-state index >= 15 is 0 Å². The van der Waals surface area contributed by atoms with Gasteiger partial charge in [0.25, 0.3) is 0 Å². The number of allylic oxidation sites excluding steroid dienone is 12. The van der Waals surface area contributed by atoms with Gasteiger partial charge in [-0.15, -0.1) is 0 Å². The minimum atomic E-state index is 0.271. The Morgan fingerprint density at radius 2 is 1.08 bits per heavy atom. The number of hydrogen-bond acceptors (Lipinski definition) is 2. The minimum absolute atomic E-state index is 0.271. The second-order valence-corrected chi connectivity index (χ2v) is 15.1. The van der Waals surface area contributed by atoms with Gasteiger partial charge in [-0.2, -0.15) is 0 Å². The highest BCUT2D eigenvalue weighted by Gasteiger charge is 2.27. The molecule has 1 N–H and O–H groups in total. The Morgan fingerprint density at radius 1 is 0.580 bits per heavy atom. The van der Waals surface area contributed by atoms with Crippen LogP contribution in [-0.2, 0) is 4.79 Å². The first kappa shape index (κ1) is 46.1. The molecule has 1 rings (SSSR count). The van der Waals surface area contributed by atoms with Crippen molar-refractivity contribution in [2.24, 2.45) is 11.8 Å². The van der Waals surface area contributed by atoms with Crippen LogP contribution in [-0.4, -0.2) is 18.9 Å². The van der Waals surface area contributed by atoms with E-state index in [1.54, 1.807) is 0 Å². The molecule has 0 aliphatic heterocycles. The number of Topliss-reactive ketones (excluding diaryl/α,β-unsaturated/α-hetero) is 1. The highest BCUT2D eigenvalue weighted by Crippen LogP contribution is 2.28. The number of carbonyl (C=O) groups is 1. The second-order valence-electron chi connectivity index (χ2n) is 15.1.